The van der Waals surface area contributed by atoms with Gasteiger partial charge in [-0.25, -0.2) is 0 Å². The molecule has 1 aromatic rings. The number of fused-ring (bicyclic) bond motifs is 1. The van der Waals surface area contributed by atoms with Gasteiger partial charge < -0.3 is 10.6 Å². The number of likely N-dealkylation sites (N-methyl/N-ethyl adjacent to an activating group) is 1. The summed E-state index contributed by atoms with van der Waals surface area (Å²) in [4.78, 5) is 13.6. The highest BCUT2D eigenvalue weighted by molar-refractivity contribution is 6.03. The van der Waals surface area contributed by atoms with Gasteiger partial charge in [0.15, 0.2) is 0 Å². The maximum Gasteiger partial charge on any atom is 0.254 e. The second kappa shape index (κ2) is 3.12. The quantitative estimate of drug-likeness (QED) is 0.651. The average Bonchev–Trinajstić information content (AvgIpc) is 2.23. The molecule has 3 heteroatoms. The molecule has 3 nitrogen and oxygen atoms in total. The van der Waals surface area contributed by atoms with Crippen LogP contribution in [0, 0.1) is 0 Å². The zero-order valence-corrected chi connectivity index (χ0v) is 8.95. The molecule has 15 heavy (non-hydrogen) atoms. The van der Waals surface area contributed by atoms with Crippen LogP contribution < -0.4 is 5.73 Å². The molecule has 0 saturated heterocycles. The van der Waals surface area contributed by atoms with Gasteiger partial charge in [0.2, 0.25) is 0 Å². The first-order chi connectivity index (χ1) is 7.02. The summed E-state index contributed by atoms with van der Waals surface area (Å²) in [5, 5.41) is 0. The fourth-order valence-corrected chi connectivity index (χ4v) is 1.84. The summed E-state index contributed by atoms with van der Waals surface area (Å²) in [5.41, 5.74) is 8.88. The van der Waals surface area contributed by atoms with Gasteiger partial charge in [-0.1, -0.05) is 6.58 Å². The van der Waals surface area contributed by atoms with Crippen molar-refractivity contribution in [2.24, 2.45) is 0 Å². The van der Waals surface area contributed by atoms with E-state index in [0.717, 1.165) is 11.1 Å². The molecule has 0 aliphatic carbocycles. The lowest BCUT2D eigenvalue weighted by Gasteiger charge is -2.33. The SMILES string of the molecule is C=C1c2cc(N)ccc2C(=O)N(C)C1C. The first-order valence-corrected chi connectivity index (χ1v) is 4.88. The normalized spacial score (nSPS) is 20.4. The number of nitrogens with two attached hydrogens (primary N) is 1. The van der Waals surface area contributed by atoms with E-state index >= 15 is 0 Å². The molecule has 0 fully saturated rings. The van der Waals surface area contributed by atoms with Gasteiger partial charge in [0, 0.05) is 18.3 Å². The Morgan fingerprint density at radius 2 is 2.07 bits per heavy atom. The lowest BCUT2D eigenvalue weighted by molar-refractivity contribution is 0.0764. The van der Waals surface area contributed by atoms with E-state index in [1.165, 1.54) is 0 Å². The number of carbonyl (C=O) groups is 1. The molecular weight excluding hydrogens is 188 g/mol. The van der Waals surface area contributed by atoms with Crippen LogP contribution in [-0.2, 0) is 0 Å². The molecule has 1 heterocycles. The zero-order chi connectivity index (χ0) is 11.2. The Morgan fingerprint density at radius 1 is 1.40 bits per heavy atom. The first kappa shape index (κ1) is 9.77. The van der Waals surface area contributed by atoms with Gasteiger partial charge in [0.05, 0.1) is 6.04 Å². The van der Waals surface area contributed by atoms with E-state index in [2.05, 4.69) is 6.58 Å². The van der Waals surface area contributed by atoms with Crippen LogP contribution >= 0.6 is 0 Å². The van der Waals surface area contributed by atoms with Gasteiger partial charge in [-0.15, -0.1) is 0 Å². The maximum absolute atomic E-state index is 11.9. The number of amides is 1. The van der Waals surface area contributed by atoms with Crippen molar-refractivity contribution >= 4 is 17.2 Å². The second-order valence-electron chi connectivity index (χ2n) is 3.92. The smallest absolute Gasteiger partial charge is 0.254 e. The minimum absolute atomic E-state index is 0.0323. The summed E-state index contributed by atoms with van der Waals surface area (Å²) in [6, 6.07) is 5.36. The zero-order valence-electron chi connectivity index (χ0n) is 8.95. The molecule has 1 atom stereocenters. The van der Waals surface area contributed by atoms with Crippen molar-refractivity contribution in [3.05, 3.63) is 35.9 Å². The molecule has 1 amide bonds. The number of carbonyl (C=O) groups excluding carboxylic acids is 1. The van der Waals surface area contributed by atoms with E-state index < -0.39 is 0 Å². The number of hydrogen-bond acceptors (Lipinski definition) is 2. The average molecular weight is 202 g/mol. The number of hydrogen-bond donors (Lipinski definition) is 1. The van der Waals surface area contributed by atoms with Crippen LogP contribution in [0.15, 0.2) is 24.8 Å². The third-order valence-electron chi connectivity index (χ3n) is 3.03. The van der Waals surface area contributed by atoms with Gasteiger partial charge in [-0.3, -0.25) is 4.79 Å². The monoisotopic (exact) mass is 202 g/mol. The molecule has 1 unspecified atom stereocenters. The molecular formula is C12H14N2O. The summed E-state index contributed by atoms with van der Waals surface area (Å²) < 4.78 is 0. The second-order valence-corrected chi connectivity index (χ2v) is 3.92. The Labute approximate surface area is 89.2 Å². The lowest BCUT2D eigenvalue weighted by atomic mass is 9.90. The number of rotatable bonds is 0. The predicted molar refractivity (Wildman–Crippen MR) is 61.4 cm³/mol. The van der Waals surface area contributed by atoms with Crippen molar-refractivity contribution in [3.63, 3.8) is 0 Å². The van der Waals surface area contributed by atoms with E-state index in [-0.39, 0.29) is 11.9 Å². The number of anilines is 1. The molecule has 0 bridgehead atoms. The van der Waals surface area contributed by atoms with Gasteiger partial charge >= 0.3 is 0 Å². The molecule has 2 N–H and O–H groups in total. The third kappa shape index (κ3) is 1.31. The molecule has 0 radical (unpaired) electrons. The standard InChI is InChI=1S/C12H14N2O/c1-7-8(2)14(3)12(15)10-5-4-9(13)6-11(7)10/h4-6,8H,1,13H2,2-3H3. The first-order valence-electron chi connectivity index (χ1n) is 4.88. The molecule has 1 aliphatic heterocycles. The van der Waals surface area contributed by atoms with Crippen molar-refractivity contribution in [1.29, 1.82) is 0 Å². The van der Waals surface area contributed by atoms with E-state index in [9.17, 15) is 4.79 Å². The Balaban J connectivity index is 2.64. The van der Waals surface area contributed by atoms with Crippen molar-refractivity contribution in [2.45, 2.75) is 13.0 Å². The van der Waals surface area contributed by atoms with Crippen LogP contribution in [0.5, 0.6) is 0 Å². The van der Waals surface area contributed by atoms with Crippen molar-refractivity contribution in [2.75, 3.05) is 12.8 Å². The Morgan fingerprint density at radius 3 is 2.73 bits per heavy atom. The topological polar surface area (TPSA) is 46.3 Å². The van der Waals surface area contributed by atoms with E-state index in [1.54, 1.807) is 24.1 Å². The molecule has 2 rings (SSSR count). The molecule has 1 aromatic carbocycles. The van der Waals surface area contributed by atoms with Gasteiger partial charge in [-0.05, 0) is 36.3 Å². The van der Waals surface area contributed by atoms with Crippen LogP contribution in [0.1, 0.15) is 22.8 Å². The lowest BCUT2D eigenvalue weighted by Crippen LogP contribution is -2.40. The highest BCUT2D eigenvalue weighted by Gasteiger charge is 2.29. The third-order valence-corrected chi connectivity index (χ3v) is 3.03. The summed E-state index contributed by atoms with van der Waals surface area (Å²) in [6.07, 6.45) is 0. The van der Waals surface area contributed by atoms with Gasteiger partial charge in [-0.2, -0.15) is 0 Å². The number of nitrogens with zero attached hydrogens (tertiary/aromatic N) is 1. The van der Waals surface area contributed by atoms with Crippen LogP contribution in [0.3, 0.4) is 0 Å². The van der Waals surface area contributed by atoms with E-state index in [0.29, 0.717) is 11.3 Å². The minimum atomic E-state index is 0.0323. The number of nitrogen functional groups attached to an aromatic ring is 1. The molecule has 0 spiro atoms. The Hall–Kier alpha value is -1.77. The Kier molecular flexibility index (Phi) is 2.03. The molecule has 78 valence electrons. The van der Waals surface area contributed by atoms with Crippen molar-refractivity contribution < 1.29 is 4.79 Å². The van der Waals surface area contributed by atoms with Gasteiger partial charge in [0.25, 0.3) is 5.91 Å². The maximum atomic E-state index is 11.9. The fraction of sp³-hybridized carbons (Fsp3) is 0.250. The van der Waals surface area contributed by atoms with Crippen LogP contribution in [0.2, 0.25) is 0 Å². The largest absolute Gasteiger partial charge is 0.399 e. The van der Waals surface area contributed by atoms with E-state index in [4.69, 9.17) is 5.73 Å². The Bertz CT molecular complexity index is 451. The highest BCUT2D eigenvalue weighted by Crippen LogP contribution is 2.31. The summed E-state index contributed by atoms with van der Waals surface area (Å²) in [7, 11) is 1.79. The van der Waals surface area contributed by atoms with Crippen LogP contribution in [0.4, 0.5) is 5.69 Å². The fourth-order valence-electron chi connectivity index (χ4n) is 1.84. The van der Waals surface area contributed by atoms with E-state index in [1.807, 2.05) is 13.0 Å². The summed E-state index contributed by atoms with van der Waals surface area (Å²) >= 11 is 0. The summed E-state index contributed by atoms with van der Waals surface area (Å²) in [6.45, 7) is 5.98. The molecule has 1 aliphatic rings. The highest BCUT2D eigenvalue weighted by atomic mass is 16.2. The molecule has 0 saturated carbocycles. The minimum Gasteiger partial charge on any atom is -0.399 e. The van der Waals surface area contributed by atoms with Crippen molar-refractivity contribution in [1.82, 2.24) is 4.90 Å². The van der Waals surface area contributed by atoms with Crippen molar-refractivity contribution in [3.8, 4) is 0 Å². The number of benzene rings is 1. The summed E-state index contributed by atoms with van der Waals surface area (Å²) in [5.74, 6) is 0.0323. The van der Waals surface area contributed by atoms with Crippen LogP contribution in [0.25, 0.3) is 5.57 Å². The van der Waals surface area contributed by atoms with Crippen LogP contribution in [-0.4, -0.2) is 23.9 Å². The predicted octanol–water partition coefficient (Wildman–Crippen LogP) is 1.76. The molecule has 0 aromatic heterocycles. The van der Waals surface area contributed by atoms with Gasteiger partial charge in [0.1, 0.15) is 0 Å².